The highest BCUT2D eigenvalue weighted by molar-refractivity contribution is 5.93. The van der Waals surface area contributed by atoms with Crippen molar-refractivity contribution in [3.05, 3.63) is 33.7 Å². The summed E-state index contributed by atoms with van der Waals surface area (Å²) < 4.78 is 42.6. The zero-order valence-corrected chi connectivity index (χ0v) is 12.2. The molecule has 2 rings (SSSR count). The molecule has 1 amide bonds. The van der Waals surface area contributed by atoms with E-state index in [9.17, 15) is 22.8 Å². The number of pyridine rings is 1. The Kier molecular flexibility index (Phi) is 4.60. The zero-order chi connectivity index (χ0) is 16.5. The average molecular weight is 318 g/mol. The van der Waals surface area contributed by atoms with Crippen molar-refractivity contribution in [1.29, 1.82) is 0 Å². The molecule has 1 fully saturated rings. The van der Waals surface area contributed by atoms with Gasteiger partial charge in [-0.1, -0.05) is 13.8 Å². The van der Waals surface area contributed by atoms with E-state index in [1.54, 1.807) is 6.07 Å². The topological polar surface area (TPSA) is 62.4 Å². The van der Waals surface area contributed by atoms with Crippen molar-refractivity contribution in [3.63, 3.8) is 0 Å². The second kappa shape index (κ2) is 6.12. The summed E-state index contributed by atoms with van der Waals surface area (Å²) >= 11 is 0. The van der Waals surface area contributed by atoms with E-state index in [1.165, 1.54) is 6.07 Å². The van der Waals surface area contributed by atoms with Crippen molar-refractivity contribution in [2.75, 3.05) is 19.7 Å². The monoisotopic (exact) mass is 318 g/mol. The van der Waals surface area contributed by atoms with Gasteiger partial charge in [-0.3, -0.25) is 9.59 Å². The molecule has 1 N–H and O–H groups in total. The lowest BCUT2D eigenvalue weighted by Gasteiger charge is -2.33. The first-order valence-electron chi connectivity index (χ1n) is 6.91. The van der Waals surface area contributed by atoms with Crippen LogP contribution in [0.1, 0.15) is 35.8 Å². The van der Waals surface area contributed by atoms with Crippen LogP contribution in [0.15, 0.2) is 16.9 Å². The Labute approximate surface area is 125 Å². The Bertz CT molecular complexity index is 610. The van der Waals surface area contributed by atoms with Gasteiger partial charge in [0, 0.05) is 12.2 Å². The molecule has 0 bridgehead atoms. The normalized spacial score (nSPS) is 19.5. The number of H-pyrrole nitrogens is 1. The highest BCUT2D eigenvalue weighted by Crippen LogP contribution is 2.26. The van der Waals surface area contributed by atoms with Crippen molar-refractivity contribution in [2.45, 2.75) is 32.0 Å². The molecule has 2 heterocycles. The number of hydrogen-bond acceptors (Lipinski definition) is 3. The fraction of sp³-hybridized carbons (Fsp3) is 0.571. The van der Waals surface area contributed by atoms with Crippen LogP contribution in [0.5, 0.6) is 0 Å². The summed E-state index contributed by atoms with van der Waals surface area (Å²) in [6, 6.07) is 2.95. The van der Waals surface area contributed by atoms with Crippen molar-refractivity contribution in [1.82, 2.24) is 9.88 Å². The molecule has 5 nitrogen and oxygen atoms in total. The summed E-state index contributed by atoms with van der Waals surface area (Å²) in [6.45, 7) is 2.97. The number of aromatic amines is 1. The largest absolute Gasteiger partial charge is 0.416 e. The van der Waals surface area contributed by atoms with Gasteiger partial charge in [-0.2, -0.15) is 13.2 Å². The standard InChI is InChI=1S/C14H17F3N2O3/c1-8(2)10-4-3-9(12(20)18-10)13(21)19-5-6-22-11(7-19)14(15,16)17/h3-4,8,11H,5-7H2,1-2H3,(H,18,20). The molecule has 1 aromatic rings. The third-order valence-electron chi connectivity index (χ3n) is 3.50. The number of carbonyl (C=O) groups is 1. The smallest absolute Gasteiger partial charge is 0.365 e. The molecule has 0 radical (unpaired) electrons. The van der Waals surface area contributed by atoms with Gasteiger partial charge >= 0.3 is 6.18 Å². The molecule has 22 heavy (non-hydrogen) atoms. The Morgan fingerprint density at radius 3 is 2.64 bits per heavy atom. The van der Waals surface area contributed by atoms with Gasteiger partial charge in [0.1, 0.15) is 5.56 Å². The molecule has 0 spiro atoms. The molecular formula is C14H17F3N2O3. The first-order valence-corrected chi connectivity index (χ1v) is 6.91. The summed E-state index contributed by atoms with van der Waals surface area (Å²) in [5, 5.41) is 0. The molecule has 1 atom stereocenters. The number of morpholine rings is 1. The second-order valence-corrected chi connectivity index (χ2v) is 5.46. The number of carbonyl (C=O) groups excluding carboxylic acids is 1. The van der Waals surface area contributed by atoms with Crippen LogP contribution in [-0.2, 0) is 4.74 Å². The maximum atomic E-state index is 12.7. The quantitative estimate of drug-likeness (QED) is 0.906. The first-order chi connectivity index (χ1) is 10.2. The fourth-order valence-electron chi connectivity index (χ4n) is 2.20. The van der Waals surface area contributed by atoms with E-state index < -0.39 is 30.3 Å². The highest BCUT2D eigenvalue weighted by atomic mass is 19.4. The minimum absolute atomic E-state index is 0.0246. The fourth-order valence-corrected chi connectivity index (χ4v) is 2.20. The number of ether oxygens (including phenoxy) is 1. The van der Waals surface area contributed by atoms with E-state index in [-0.39, 0.29) is 24.6 Å². The van der Waals surface area contributed by atoms with Gasteiger partial charge < -0.3 is 14.6 Å². The molecule has 1 saturated heterocycles. The molecule has 0 aromatic carbocycles. The third-order valence-corrected chi connectivity index (χ3v) is 3.50. The molecule has 0 saturated carbocycles. The predicted molar refractivity (Wildman–Crippen MR) is 72.9 cm³/mol. The Balaban J connectivity index is 2.19. The molecule has 0 aliphatic carbocycles. The highest BCUT2D eigenvalue weighted by Gasteiger charge is 2.44. The number of rotatable bonds is 2. The number of amides is 1. The molecular weight excluding hydrogens is 301 g/mol. The van der Waals surface area contributed by atoms with Crippen LogP contribution >= 0.6 is 0 Å². The van der Waals surface area contributed by atoms with E-state index in [0.29, 0.717) is 5.69 Å². The summed E-state index contributed by atoms with van der Waals surface area (Å²) in [4.78, 5) is 27.8. The lowest BCUT2D eigenvalue weighted by Crippen LogP contribution is -2.51. The number of hydrogen-bond donors (Lipinski definition) is 1. The molecule has 8 heteroatoms. The van der Waals surface area contributed by atoms with E-state index in [0.717, 1.165) is 4.90 Å². The second-order valence-electron chi connectivity index (χ2n) is 5.46. The van der Waals surface area contributed by atoms with Gasteiger partial charge in [-0.05, 0) is 18.1 Å². The van der Waals surface area contributed by atoms with E-state index >= 15 is 0 Å². The molecule has 122 valence electrons. The summed E-state index contributed by atoms with van der Waals surface area (Å²) in [5.74, 6) is -0.635. The van der Waals surface area contributed by atoms with Crippen LogP contribution in [0.4, 0.5) is 13.2 Å². The van der Waals surface area contributed by atoms with Gasteiger partial charge in [0.2, 0.25) is 0 Å². The molecule has 1 aliphatic heterocycles. The first kappa shape index (κ1) is 16.5. The van der Waals surface area contributed by atoms with Crippen LogP contribution in [0.2, 0.25) is 0 Å². The van der Waals surface area contributed by atoms with Crippen LogP contribution in [0, 0.1) is 0 Å². The molecule has 1 unspecified atom stereocenters. The summed E-state index contributed by atoms with van der Waals surface area (Å²) in [7, 11) is 0. The summed E-state index contributed by atoms with van der Waals surface area (Å²) in [6.07, 6.45) is -6.55. The van der Waals surface area contributed by atoms with Crippen molar-refractivity contribution in [3.8, 4) is 0 Å². The van der Waals surface area contributed by atoms with Crippen LogP contribution in [0.25, 0.3) is 0 Å². The number of nitrogens with zero attached hydrogens (tertiary/aromatic N) is 1. The number of halogens is 3. The number of aromatic nitrogens is 1. The van der Waals surface area contributed by atoms with Crippen molar-refractivity contribution in [2.24, 2.45) is 0 Å². The minimum atomic E-state index is -4.53. The van der Waals surface area contributed by atoms with Gasteiger partial charge in [0.15, 0.2) is 6.10 Å². The average Bonchev–Trinajstić information content (AvgIpc) is 2.45. The maximum absolute atomic E-state index is 12.7. The Morgan fingerprint density at radius 1 is 1.41 bits per heavy atom. The van der Waals surface area contributed by atoms with Gasteiger partial charge in [-0.15, -0.1) is 0 Å². The lowest BCUT2D eigenvalue weighted by molar-refractivity contribution is -0.233. The lowest BCUT2D eigenvalue weighted by atomic mass is 10.1. The molecule has 1 aromatic heterocycles. The van der Waals surface area contributed by atoms with E-state index in [1.807, 2.05) is 13.8 Å². The SMILES string of the molecule is CC(C)c1ccc(C(=O)N2CCOC(C(F)(F)F)C2)c(=O)[nH]1. The Morgan fingerprint density at radius 2 is 2.09 bits per heavy atom. The zero-order valence-electron chi connectivity index (χ0n) is 12.2. The van der Waals surface area contributed by atoms with Crippen LogP contribution in [0.3, 0.4) is 0 Å². The van der Waals surface area contributed by atoms with Gasteiger partial charge in [-0.25, -0.2) is 0 Å². The van der Waals surface area contributed by atoms with Crippen LogP contribution in [-0.4, -0.2) is 47.8 Å². The van der Waals surface area contributed by atoms with Crippen LogP contribution < -0.4 is 5.56 Å². The number of alkyl halides is 3. The maximum Gasteiger partial charge on any atom is 0.416 e. The third kappa shape index (κ3) is 3.49. The van der Waals surface area contributed by atoms with Gasteiger partial charge in [0.05, 0.1) is 13.2 Å². The molecule has 1 aliphatic rings. The Hall–Kier alpha value is -1.83. The predicted octanol–water partition coefficient (Wildman–Crippen LogP) is 1.90. The summed E-state index contributed by atoms with van der Waals surface area (Å²) in [5.41, 5.74) is -0.0878. The minimum Gasteiger partial charge on any atom is -0.365 e. The van der Waals surface area contributed by atoms with E-state index in [4.69, 9.17) is 0 Å². The van der Waals surface area contributed by atoms with E-state index in [2.05, 4.69) is 9.72 Å². The van der Waals surface area contributed by atoms with Crippen molar-refractivity contribution >= 4 is 5.91 Å². The van der Waals surface area contributed by atoms with Crippen molar-refractivity contribution < 1.29 is 22.7 Å². The van der Waals surface area contributed by atoms with Gasteiger partial charge in [0.25, 0.3) is 11.5 Å². The number of nitrogens with one attached hydrogen (secondary N) is 1.